The van der Waals surface area contributed by atoms with E-state index in [1.54, 1.807) is 24.3 Å². The highest BCUT2D eigenvalue weighted by molar-refractivity contribution is 6.30. The lowest BCUT2D eigenvalue weighted by molar-refractivity contribution is 0.0487. The summed E-state index contributed by atoms with van der Waals surface area (Å²) in [5, 5.41) is 6.43. The van der Waals surface area contributed by atoms with Crippen molar-refractivity contribution in [1.29, 1.82) is 0 Å². The largest absolute Gasteiger partial charge is 0.381 e. The summed E-state index contributed by atoms with van der Waals surface area (Å²) in [6.07, 6.45) is 1.54. The maximum Gasteiger partial charge on any atom is 0.258 e. The van der Waals surface area contributed by atoms with E-state index in [-0.39, 0.29) is 16.9 Å². The van der Waals surface area contributed by atoms with Crippen LogP contribution in [0.3, 0.4) is 0 Å². The Balaban J connectivity index is 1.50. The van der Waals surface area contributed by atoms with Crippen LogP contribution in [-0.2, 0) is 10.2 Å². The van der Waals surface area contributed by atoms with Crippen molar-refractivity contribution >= 4 is 29.1 Å². The number of amides is 2. The van der Waals surface area contributed by atoms with Gasteiger partial charge in [0.05, 0.1) is 5.56 Å². The maximum absolute atomic E-state index is 14.0. The highest BCUT2D eigenvalue weighted by atomic mass is 35.5. The van der Waals surface area contributed by atoms with Gasteiger partial charge in [0, 0.05) is 41.4 Å². The molecule has 2 amide bonds. The average Bonchev–Trinajstić information content (AvgIpc) is 2.84. The molecule has 4 rings (SSSR count). The summed E-state index contributed by atoms with van der Waals surface area (Å²) in [4.78, 5) is 25.6. The zero-order valence-corrected chi connectivity index (χ0v) is 19.6. The number of anilines is 1. The molecule has 3 aromatic carbocycles. The van der Waals surface area contributed by atoms with Crippen molar-refractivity contribution in [3.8, 4) is 0 Å². The number of carbonyl (C=O) groups is 2. The fourth-order valence-electron chi connectivity index (χ4n) is 4.23. The minimum absolute atomic E-state index is 0.0558. The Morgan fingerprint density at radius 1 is 1.00 bits per heavy atom. The molecule has 7 heteroatoms. The van der Waals surface area contributed by atoms with Gasteiger partial charge in [-0.1, -0.05) is 41.9 Å². The molecule has 1 aliphatic heterocycles. The molecule has 5 nitrogen and oxygen atoms in total. The third kappa shape index (κ3) is 5.29. The van der Waals surface area contributed by atoms with Gasteiger partial charge in [-0.05, 0) is 67.3 Å². The lowest BCUT2D eigenvalue weighted by atomic mass is 9.74. The van der Waals surface area contributed by atoms with E-state index in [4.69, 9.17) is 16.3 Å². The van der Waals surface area contributed by atoms with E-state index in [1.807, 2.05) is 31.2 Å². The molecule has 3 aromatic rings. The standard InChI is InChI=1S/C27H26ClFN2O3/c1-18-9-10-19(15-24(18)31-26(33)22-7-2-3-8-23(22)29)25(32)30-17-27(11-13-34-14-12-27)20-5-4-6-21(28)16-20/h2-10,15-16H,11-14,17H2,1H3,(H,30,32)(H,31,33). The van der Waals surface area contributed by atoms with Crippen LogP contribution in [0.1, 0.15) is 44.7 Å². The highest BCUT2D eigenvalue weighted by Crippen LogP contribution is 2.35. The van der Waals surface area contributed by atoms with E-state index in [0.717, 1.165) is 24.0 Å². The van der Waals surface area contributed by atoms with Crippen LogP contribution in [0.5, 0.6) is 0 Å². The van der Waals surface area contributed by atoms with Gasteiger partial charge >= 0.3 is 0 Å². The van der Waals surface area contributed by atoms with Crippen molar-refractivity contribution in [1.82, 2.24) is 5.32 Å². The van der Waals surface area contributed by atoms with Crippen LogP contribution in [0.2, 0.25) is 5.02 Å². The maximum atomic E-state index is 14.0. The van der Waals surface area contributed by atoms with E-state index >= 15 is 0 Å². The van der Waals surface area contributed by atoms with Crippen LogP contribution < -0.4 is 10.6 Å². The zero-order valence-electron chi connectivity index (χ0n) is 18.9. The highest BCUT2D eigenvalue weighted by Gasteiger charge is 2.35. The quantitative estimate of drug-likeness (QED) is 0.488. The number of carbonyl (C=O) groups excluding carboxylic acids is 2. The second-order valence-electron chi connectivity index (χ2n) is 8.55. The lowest BCUT2D eigenvalue weighted by Gasteiger charge is -2.38. The second kappa shape index (κ2) is 10.4. The molecule has 1 saturated heterocycles. The summed E-state index contributed by atoms with van der Waals surface area (Å²) in [6, 6.07) is 18.6. The van der Waals surface area contributed by atoms with E-state index in [2.05, 4.69) is 10.6 Å². The fraction of sp³-hybridized carbons (Fsp3) is 0.259. The summed E-state index contributed by atoms with van der Waals surface area (Å²) in [6.45, 7) is 3.47. The number of rotatable bonds is 6. The smallest absolute Gasteiger partial charge is 0.258 e. The predicted molar refractivity (Wildman–Crippen MR) is 131 cm³/mol. The van der Waals surface area contributed by atoms with Crippen molar-refractivity contribution in [2.75, 3.05) is 25.1 Å². The third-order valence-corrected chi connectivity index (χ3v) is 6.58. The number of halogens is 2. The van der Waals surface area contributed by atoms with Gasteiger partial charge in [-0.3, -0.25) is 9.59 Å². The molecule has 0 radical (unpaired) electrons. The number of ether oxygens (including phenoxy) is 1. The predicted octanol–water partition coefficient (Wildman–Crippen LogP) is 5.52. The van der Waals surface area contributed by atoms with E-state index in [0.29, 0.717) is 36.0 Å². The Labute approximate surface area is 203 Å². The molecule has 1 fully saturated rings. The Morgan fingerprint density at radius 3 is 2.50 bits per heavy atom. The molecule has 0 saturated carbocycles. The normalized spacial score (nSPS) is 14.9. The number of hydrogen-bond donors (Lipinski definition) is 2. The van der Waals surface area contributed by atoms with Gasteiger partial charge < -0.3 is 15.4 Å². The Morgan fingerprint density at radius 2 is 1.76 bits per heavy atom. The van der Waals surface area contributed by atoms with E-state index in [1.165, 1.54) is 18.2 Å². The number of hydrogen-bond acceptors (Lipinski definition) is 3. The molecule has 176 valence electrons. The molecule has 34 heavy (non-hydrogen) atoms. The van der Waals surface area contributed by atoms with Gasteiger partial charge in [0.1, 0.15) is 5.82 Å². The molecule has 1 aliphatic rings. The van der Waals surface area contributed by atoms with Crippen molar-refractivity contribution in [3.63, 3.8) is 0 Å². The monoisotopic (exact) mass is 480 g/mol. The molecule has 2 N–H and O–H groups in total. The second-order valence-corrected chi connectivity index (χ2v) is 8.99. The SMILES string of the molecule is Cc1ccc(C(=O)NCC2(c3cccc(Cl)c3)CCOCC2)cc1NC(=O)c1ccccc1F. The van der Waals surface area contributed by atoms with Crippen LogP contribution in [0.25, 0.3) is 0 Å². The molecule has 0 bridgehead atoms. The lowest BCUT2D eigenvalue weighted by Crippen LogP contribution is -2.44. The minimum atomic E-state index is -0.602. The molecule has 0 atom stereocenters. The first-order chi connectivity index (χ1) is 16.4. The fourth-order valence-corrected chi connectivity index (χ4v) is 4.42. The summed E-state index contributed by atoms with van der Waals surface area (Å²) < 4.78 is 19.6. The number of nitrogens with one attached hydrogen (secondary N) is 2. The van der Waals surface area contributed by atoms with Gasteiger partial charge in [-0.15, -0.1) is 0 Å². The molecular formula is C27H26ClFN2O3. The first-order valence-electron chi connectivity index (χ1n) is 11.2. The average molecular weight is 481 g/mol. The van der Waals surface area contributed by atoms with Crippen LogP contribution in [-0.4, -0.2) is 31.6 Å². The third-order valence-electron chi connectivity index (χ3n) is 6.34. The van der Waals surface area contributed by atoms with E-state index in [9.17, 15) is 14.0 Å². The van der Waals surface area contributed by atoms with Crippen molar-refractivity contribution in [2.45, 2.75) is 25.2 Å². The summed E-state index contributed by atoms with van der Waals surface area (Å²) in [7, 11) is 0. The molecule has 0 aliphatic carbocycles. The topological polar surface area (TPSA) is 67.4 Å². The molecule has 1 heterocycles. The molecule has 0 spiro atoms. The Hall–Kier alpha value is -3.22. The Kier molecular flexibility index (Phi) is 7.29. The minimum Gasteiger partial charge on any atom is -0.381 e. The van der Waals surface area contributed by atoms with Crippen LogP contribution in [0, 0.1) is 12.7 Å². The molecule has 0 aromatic heterocycles. The van der Waals surface area contributed by atoms with Crippen LogP contribution >= 0.6 is 11.6 Å². The number of benzene rings is 3. The summed E-state index contributed by atoms with van der Waals surface area (Å²) in [5.74, 6) is -1.43. The zero-order chi connectivity index (χ0) is 24.1. The van der Waals surface area contributed by atoms with Gasteiger partial charge in [0.15, 0.2) is 0 Å². The van der Waals surface area contributed by atoms with Crippen molar-refractivity contribution < 1.29 is 18.7 Å². The van der Waals surface area contributed by atoms with Gasteiger partial charge in [-0.2, -0.15) is 0 Å². The van der Waals surface area contributed by atoms with E-state index < -0.39 is 11.7 Å². The Bertz CT molecular complexity index is 1210. The van der Waals surface area contributed by atoms with Crippen LogP contribution in [0.15, 0.2) is 66.7 Å². The summed E-state index contributed by atoms with van der Waals surface area (Å²) in [5.41, 5.74) is 2.37. The van der Waals surface area contributed by atoms with Gasteiger partial charge in [0.25, 0.3) is 11.8 Å². The first kappa shape index (κ1) is 23.9. The number of aryl methyl sites for hydroxylation is 1. The van der Waals surface area contributed by atoms with Crippen LogP contribution in [0.4, 0.5) is 10.1 Å². The van der Waals surface area contributed by atoms with Gasteiger partial charge in [0.2, 0.25) is 0 Å². The molecule has 0 unspecified atom stereocenters. The molecular weight excluding hydrogens is 455 g/mol. The summed E-state index contributed by atoms with van der Waals surface area (Å²) >= 11 is 6.24. The van der Waals surface area contributed by atoms with Crippen molar-refractivity contribution in [3.05, 3.63) is 99.8 Å². The van der Waals surface area contributed by atoms with Crippen molar-refractivity contribution in [2.24, 2.45) is 0 Å². The van der Waals surface area contributed by atoms with Gasteiger partial charge in [-0.25, -0.2) is 4.39 Å². The first-order valence-corrected chi connectivity index (χ1v) is 11.5.